The maximum atomic E-state index is 12.2. The summed E-state index contributed by atoms with van der Waals surface area (Å²) in [4.78, 5) is 25.7. The number of amides is 3. The molecule has 23 heavy (non-hydrogen) atoms. The van der Waals surface area contributed by atoms with Crippen molar-refractivity contribution in [1.82, 2.24) is 10.6 Å². The number of hydrogen-bond acceptors (Lipinski definition) is 4. The second kappa shape index (κ2) is 8.14. The summed E-state index contributed by atoms with van der Waals surface area (Å²) in [6.45, 7) is 3.07. The van der Waals surface area contributed by atoms with Gasteiger partial charge in [-0.3, -0.25) is 9.69 Å². The fraction of sp³-hybridized carbons (Fsp3) is 0.467. The van der Waals surface area contributed by atoms with Crippen LogP contribution in [-0.2, 0) is 9.53 Å². The molecule has 0 bridgehead atoms. The molecule has 3 N–H and O–H groups in total. The average molecular weight is 341 g/mol. The van der Waals surface area contributed by atoms with Gasteiger partial charge in [0.15, 0.2) is 0 Å². The van der Waals surface area contributed by atoms with Crippen LogP contribution in [0.2, 0.25) is 0 Å². The van der Waals surface area contributed by atoms with Gasteiger partial charge < -0.3 is 20.7 Å². The standard InChI is InChI=1S/C15H20N4O3.ClH/c20-14(13-10-22-8-6-16-13)18-11-3-1-4-12(9-11)19-7-2-5-17-15(19)21;/h1,3-4,9,13,16H,2,5-8,10H2,(H,17,21)(H,18,20);1H. The second-order valence-electron chi connectivity index (χ2n) is 5.36. The minimum atomic E-state index is -0.337. The van der Waals surface area contributed by atoms with Crippen molar-refractivity contribution in [2.75, 3.05) is 43.1 Å². The third kappa shape index (κ3) is 4.34. The van der Waals surface area contributed by atoms with E-state index in [1.807, 2.05) is 24.3 Å². The SMILES string of the molecule is Cl.O=C(Nc1cccc(N2CCCNC2=O)c1)C1COCCN1. The lowest BCUT2D eigenvalue weighted by Crippen LogP contribution is -2.49. The maximum absolute atomic E-state index is 12.2. The van der Waals surface area contributed by atoms with Crippen molar-refractivity contribution in [3.8, 4) is 0 Å². The van der Waals surface area contributed by atoms with Crippen LogP contribution in [0, 0.1) is 0 Å². The van der Waals surface area contributed by atoms with E-state index in [1.165, 1.54) is 0 Å². The van der Waals surface area contributed by atoms with E-state index in [2.05, 4.69) is 16.0 Å². The molecule has 8 heteroatoms. The number of ether oxygens (including phenoxy) is 1. The largest absolute Gasteiger partial charge is 0.378 e. The summed E-state index contributed by atoms with van der Waals surface area (Å²) < 4.78 is 5.29. The Labute approximate surface area is 141 Å². The number of benzene rings is 1. The molecular formula is C15H21ClN4O3. The molecule has 1 unspecified atom stereocenters. The van der Waals surface area contributed by atoms with E-state index < -0.39 is 0 Å². The van der Waals surface area contributed by atoms with Gasteiger partial charge in [0, 0.05) is 31.0 Å². The van der Waals surface area contributed by atoms with Crippen LogP contribution in [-0.4, -0.2) is 50.8 Å². The van der Waals surface area contributed by atoms with E-state index in [-0.39, 0.29) is 30.4 Å². The molecule has 2 heterocycles. The number of rotatable bonds is 3. The third-order valence-corrected chi connectivity index (χ3v) is 3.74. The van der Waals surface area contributed by atoms with E-state index in [0.29, 0.717) is 38.5 Å². The normalized spacial score (nSPS) is 21.1. The second-order valence-corrected chi connectivity index (χ2v) is 5.36. The van der Waals surface area contributed by atoms with Crippen LogP contribution < -0.4 is 20.9 Å². The number of carbonyl (C=O) groups excluding carboxylic acids is 2. The lowest BCUT2D eigenvalue weighted by atomic mass is 10.2. The zero-order chi connectivity index (χ0) is 15.4. The Bertz CT molecular complexity index is 563. The van der Waals surface area contributed by atoms with Crippen molar-refractivity contribution in [2.45, 2.75) is 12.5 Å². The predicted molar refractivity (Wildman–Crippen MR) is 90.3 cm³/mol. The zero-order valence-corrected chi connectivity index (χ0v) is 13.5. The Morgan fingerprint density at radius 2 is 2.22 bits per heavy atom. The monoisotopic (exact) mass is 340 g/mol. The Hall–Kier alpha value is -1.83. The molecular weight excluding hydrogens is 320 g/mol. The van der Waals surface area contributed by atoms with E-state index in [9.17, 15) is 9.59 Å². The molecule has 0 spiro atoms. The molecule has 2 fully saturated rings. The highest BCUT2D eigenvalue weighted by Gasteiger charge is 2.22. The molecule has 3 rings (SSSR count). The van der Waals surface area contributed by atoms with Crippen molar-refractivity contribution in [3.05, 3.63) is 24.3 Å². The highest BCUT2D eigenvalue weighted by molar-refractivity contribution is 5.97. The van der Waals surface area contributed by atoms with Gasteiger partial charge in [-0.05, 0) is 24.6 Å². The van der Waals surface area contributed by atoms with Crippen LogP contribution in [0.25, 0.3) is 0 Å². The third-order valence-electron chi connectivity index (χ3n) is 3.74. The van der Waals surface area contributed by atoms with Crippen LogP contribution in [0.3, 0.4) is 0 Å². The first kappa shape index (κ1) is 17.5. The number of urea groups is 1. The zero-order valence-electron chi connectivity index (χ0n) is 12.7. The number of carbonyl (C=O) groups is 2. The van der Waals surface area contributed by atoms with E-state index in [0.717, 1.165) is 12.1 Å². The first-order chi connectivity index (χ1) is 10.7. The Morgan fingerprint density at radius 1 is 1.35 bits per heavy atom. The maximum Gasteiger partial charge on any atom is 0.321 e. The Morgan fingerprint density at radius 3 is 2.96 bits per heavy atom. The minimum Gasteiger partial charge on any atom is -0.378 e. The summed E-state index contributed by atoms with van der Waals surface area (Å²) in [7, 11) is 0. The first-order valence-electron chi connectivity index (χ1n) is 7.51. The summed E-state index contributed by atoms with van der Waals surface area (Å²) >= 11 is 0. The number of anilines is 2. The highest BCUT2D eigenvalue weighted by Crippen LogP contribution is 2.21. The predicted octanol–water partition coefficient (Wildman–Crippen LogP) is 0.955. The number of morpholine rings is 1. The van der Waals surface area contributed by atoms with Crippen LogP contribution in [0.5, 0.6) is 0 Å². The topological polar surface area (TPSA) is 82.7 Å². The molecule has 1 aromatic carbocycles. The van der Waals surface area contributed by atoms with E-state index in [1.54, 1.807) is 4.90 Å². The molecule has 3 amide bonds. The lowest BCUT2D eigenvalue weighted by molar-refractivity contribution is -0.120. The quantitative estimate of drug-likeness (QED) is 0.765. The van der Waals surface area contributed by atoms with Gasteiger partial charge in [-0.2, -0.15) is 0 Å². The van der Waals surface area contributed by atoms with Gasteiger partial charge in [-0.15, -0.1) is 12.4 Å². The van der Waals surface area contributed by atoms with Crippen LogP contribution in [0.1, 0.15) is 6.42 Å². The summed E-state index contributed by atoms with van der Waals surface area (Å²) in [6.07, 6.45) is 0.908. The first-order valence-corrected chi connectivity index (χ1v) is 7.51. The summed E-state index contributed by atoms with van der Waals surface area (Å²) in [5.41, 5.74) is 1.45. The van der Waals surface area contributed by atoms with Gasteiger partial charge in [0.25, 0.3) is 0 Å². The van der Waals surface area contributed by atoms with Crippen molar-refractivity contribution in [3.63, 3.8) is 0 Å². The molecule has 0 saturated carbocycles. The minimum absolute atomic E-state index is 0. The lowest BCUT2D eigenvalue weighted by Gasteiger charge is -2.28. The molecule has 0 aliphatic carbocycles. The number of halogens is 1. The fourth-order valence-corrected chi connectivity index (χ4v) is 2.59. The van der Waals surface area contributed by atoms with Crippen molar-refractivity contribution in [2.24, 2.45) is 0 Å². The summed E-state index contributed by atoms with van der Waals surface area (Å²) in [5.74, 6) is -0.125. The number of nitrogens with zero attached hydrogens (tertiary/aromatic N) is 1. The van der Waals surface area contributed by atoms with Crippen molar-refractivity contribution in [1.29, 1.82) is 0 Å². The van der Waals surface area contributed by atoms with Gasteiger partial charge in [-0.1, -0.05) is 6.07 Å². The molecule has 2 saturated heterocycles. The molecule has 1 aromatic rings. The van der Waals surface area contributed by atoms with E-state index in [4.69, 9.17) is 4.74 Å². The number of nitrogens with one attached hydrogen (secondary N) is 3. The smallest absolute Gasteiger partial charge is 0.321 e. The van der Waals surface area contributed by atoms with Gasteiger partial charge >= 0.3 is 6.03 Å². The molecule has 7 nitrogen and oxygen atoms in total. The Kier molecular flexibility index (Phi) is 6.20. The van der Waals surface area contributed by atoms with Gasteiger partial charge in [0.05, 0.1) is 13.2 Å². The van der Waals surface area contributed by atoms with Crippen LogP contribution >= 0.6 is 12.4 Å². The summed E-state index contributed by atoms with van der Waals surface area (Å²) in [5, 5.41) is 8.79. The summed E-state index contributed by atoms with van der Waals surface area (Å²) in [6, 6.07) is 6.88. The van der Waals surface area contributed by atoms with E-state index >= 15 is 0 Å². The fourth-order valence-electron chi connectivity index (χ4n) is 2.59. The molecule has 0 radical (unpaired) electrons. The highest BCUT2D eigenvalue weighted by atomic mass is 35.5. The molecule has 1 atom stereocenters. The number of hydrogen-bond donors (Lipinski definition) is 3. The Balaban J connectivity index is 0.00000192. The molecule has 126 valence electrons. The van der Waals surface area contributed by atoms with Gasteiger partial charge in [0.1, 0.15) is 6.04 Å². The van der Waals surface area contributed by atoms with Crippen molar-refractivity contribution < 1.29 is 14.3 Å². The van der Waals surface area contributed by atoms with Crippen LogP contribution in [0.4, 0.5) is 16.2 Å². The van der Waals surface area contributed by atoms with Crippen molar-refractivity contribution >= 4 is 35.7 Å². The van der Waals surface area contributed by atoms with Gasteiger partial charge in [-0.25, -0.2) is 4.79 Å². The van der Waals surface area contributed by atoms with Gasteiger partial charge in [0.2, 0.25) is 5.91 Å². The van der Waals surface area contributed by atoms with Crippen LogP contribution in [0.15, 0.2) is 24.3 Å². The molecule has 2 aliphatic heterocycles. The molecule has 0 aromatic heterocycles. The molecule has 2 aliphatic rings. The average Bonchev–Trinajstić information content (AvgIpc) is 2.56.